The fourth-order valence-electron chi connectivity index (χ4n) is 1.91. The van der Waals surface area contributed by atoms with Crippen molar-refractivity contribution in [2.75, 3.05) is 31.7 Å². The molecule has 1 aromatic carbocycles. The lowest BCUT2D eigenvalue weighted by molar-refractivity contribution is 0.197. The lowest BCUT2D eigenvalue weighted by Crippen LogP contribution is -2.28. The molecule has 0 fully saturated rings. The zero-order valence-corrected chi connectivity index (χ0v) is 11.5. The van der Waals surface area contributed by atoms with Crippen molar-refractivity contribution in [2.45, 2.75) is 13.0 Å². The van der Waals surface area contributed by atoms with Crippen LogP contribution in [0.25, 0.3) is 0 Å². The first-order valence-corrected chi connectivity index (χ1v) is 6.21. The molecular weight excluding hydrogens is 240 g/mol. The van der Waals surface area contributed by atoms with Crippen LogP contribution in [0.3, 0.4) is 0 Å². The molecule has 0 aliphatic rings. The van der Waals surface area contributed by atoms with Crippen LogP contribution in [0.5, 0.6) is 0 Å². The SMILES string of the molecule is C=CCN(CCOC)c1cc(C#N)ccc1[C@H](C)O. The van der Waals surface area contributed by atoms with Crippen LogP contribution in [0.1, 0.15) is 24.2 Å². The van der Waals surface area contributed by atoms with E-state index < -0.39 is 6.10 Å². The summed E-state index contributed by atoms with van der Waals surface area (Å²) in [5, 5.41) is 18.8. The molecule has 0 saturated heterocycles. The van der Waals surface area contributed by atoms with E-state index in [2.05, 4.69) is 12.6 Å². The van der Waals surface area contributed by atoms with Gasteiger partial charge in [0.25, 0.3) is 0 Å². The van der Waals surface area contributed by atoms with Gasteiger partial charge in [-0.15, -0.1) is 6.58 Å². The number of hydrogen-bond donors (Lipinski definition) is 1. The molecule has 1 N–H and O–H groups in total. The summed E-state index contributed by atoms with van der Waals surface area (Å²) in [5.41, 5.74) is 2.23. The van der Waals surface area contributed by atoms with E-state index in [4.69, 9.17) is 10.00 Å². The molecule has 0 unspecified atom stereocenters. The molecule has 4 nitrogen and oxygen atoms in total. The molecule has 0 aliphatic carbocycles. The minimum Gasteiger partial charge on any atom is -0.389 e. The van der Waals surface area contributed by atoms with Crippen LogP contribution in [0.4, 0.5) is 5.69 Å². The van der Waals surface area contributed by atoms with Gasteiger partial charge in [0.2, 0.25) is 0 Å². The Bertz CT molecular complexity index is 464. The smallest absolute Gasteiger partial charge is 0.0992 e. The Morgan fingerprint density at radius 3 is 2.84 bits per heavy atom. The standard InChI is InChI=1S/C15H20N2O2/c1-4-7-17(8-9-19-3)15-10-13(11-16)5-6-14(15)12(2)18/h4-6,10,12,18H,1,7-9H2,2-3H3/t12-/m0/s1. The van der Waals surface area contributed by atoms with E-state index in [1.165, 1.54) is 0 Å². The number of anilines is 1. The number of rotatable bonds is 7. The molecule has 1 atom stereocenters. The molecule has 0 saturated carbocycles. The van der Waals surface area contributed by atoms with Gasteiger partial charge in [-0.1, -0.05) is 12.1 Å². The zero-order chi connectivity index (χ0) is 14.3. The summed E-state index contributed by atoms with van der Waals surface area (Å²) in [7, 11) is 1.65. The first kappa shape index (κ1) is 15.2. The van der Waals surface area contributed by atoms with Crippen LogP contribution in [0.2, 0.25) is 0 Å². The van der Waals surface area contributed by atoms with Gasteiger partial charge in [0.1, 0.15) is 0 Å². The highest BCUT2D eigenvalue weighted by molar-refractivity contribution is 5.58. The van der Waals surface area contributed by atoms with Crippen molar-refractivity contribution in [1.29, 1.82) is 5.26 Å². The Hall–Kier alpha value is -1.83. The van der Waals surface area contributed by atoms with E-state index in [0.717, 1.165) is 11.3 Å². The molecule has 0 bridgehead atoms. The number of hydrogen-bond acceptors (Lipinski definition) is 4. The van der Waals surface area contributed by atoms with Crippen molar-refractivity contribution in [3.05, 3.63) is 42.0 Å². The molecule has 1 rings (SSSR count). The van der Waals surface area contributed by atoms with Crippen molar-refractivity contribution in [2.24, 2.45) is 0 Å². The fraction of sp³-hybridized carbons (Fsp3) is 0.400. The van der Waals surface area contributed by atoms with Crippen LogP contribution < -0.4 is 4.90 Å². The minimum atomic E-state index is -0.586. The van der Waals surface area contributed by atoms with E-state index >= 15 is 0 Å². The van der Waals surface area contributed by atoms with Gasteiger partial charge in [-0.25, -0.2) is 0 Å². The fourth-order valence-corrected chi connectivity index (χ4v) is 1.91. The Morgan fingerprint density at radius 1 is 1.58 bits per heavy atom. The topological polar surface area (TPSA) is 56.5 Å². The highest BCUT2D eigenvalue weighted by atomic mass is 16.5. The first-order valence-electron chi connectivity index (χ1n) is 6.21. The number of benzene rings is 1. The van der Waals surface area contributed by atoms with E-state index in [0.29, 0.717) is 25.3 Å². The predicted octanol–water partition coefficient (Wildman–Crippen LogP) is 2.25. The van der Waals surface area contributed by atoms with Gasteiger partial charge in [-0.05, 0) is 19.1 Å². The van der Waals surface area contributed by atoms with Gasteiger partial charge in [0, 0.05) is 31.5 Å². The number of nitriles is 1. The summed E-state index contributed by atoms with van der Waals surface area (Å²) in [6.45, 7) is 7.34. The maximum absolute atomic E-state index is 9.84. The number of nitrogens with zero attached hydrogens (tertiary/aromatic N) is 2. The second-order valence-corrected chi connectivity index (χ2v) is 4.29. The van der Waals surface area contributed by atoms with Crippen LogP contribution >= 0.6 is 0 Å². The molecule has 0 amide bonds. The number of aliphatic hydroxyl groups excluding tert-OH is 1. The number of ether oxygens (including phenoxy) is 1. The average molecular weight is 260 g/mol. The summed E-state index contributed by atoms with van der Waals surface area (Å²) in [6, 6.07) is 7.42. The molecule has 0 aliphatic heterocycles. The molecule has 1 aromatic rings. The van der Waals surface area contributed by atoms with E-state index in [1.54, 1.807) is 38.3 Å². The van der Waals surface area contributed by atoms with E-state index in [-0.39, 0.29) is 0 Å². The third-order valence-electron chi connectivity index (χ3n) is 2.87. The Kier molecular flexibility index (Phi) is 6.07. The monoisotopic (exact) mass is 260 g/mol. The molecule has 4 heteroatoms. The van der Waals surface area contributed by atoms with Gasteiger partial charge in [-0.3, -0.25) is 0 Å². The van der Waals surface area contributed by atoms with E-state index in [1.807, 2.05) is 4.90 Å². The second-order valence-electron chi connectivity index (χ2n) is 4.29. The van der Waals surface area contributed by atoms with Crippen molar-refractivity contribution < 1.29 is 9.84 Å². The second kappa shape index (κ2) is 7.57. The summed E-state index contributed by atoms with van der Waals surface area (Å²) < 4.78 is 5.09. The third-order valence-corrected chi connectivity index (χ3v) is 2.87. The van der Waals surface area contributed by atoms with Gasteiger partial charge in [0.15, 0.2) is 0 Å². The van der Waals surface area contributed by atoms with Gasteiger partial charge in [-0.2, -0.15) is 5.26 Å². The van der Waals surface area contributed by atoms with Gasteiger partial charge >= 0.3 is 0 Å². The molecule has 0 aromatic heterocycles. The predicted molar refractivity (Wildman–Crippen MR) is 76.1 cm³/mol. The van der Waals surface area contributed by atoms with E-state index in [9.17, 15) is 5.11 Å². The average Bonchev–Trinajstić information content (AvgIpc) is 2.42. The molecule has 102 valence electrons. The third kappa shape index (κ3) is 4.09. The molecule has 0 radical (unpaired) electrons. The maximum Gasteiger partial charge on any atom is 0.0992 e. The molecule has 19 heavy (non-hydrogen) atoms. The summed E-state index contributed by atoms with van der Waals surface area (Å²) >= 11 is 0. The van der Waals surface area contributed by atoms with Crippen molar-refractivity contribution >= 4 is 5.69 Å². The van der Waals surface area contributed by atoms with Crippen LogP contribution in [0, 0.1) is 11.3 Å². The quantitative estimate of drug-likeness (QED) is 0.764. The van der Waals surface area contributed by atoms with Crippen LogP contribution in [0.15, 0.2) is 30.9 Å². The highest BCUT2D eigenvalue weighted by Gasteiger charge is 2.14. The maximum atomic E-state index is 9.84. The largest absolute Gasteiger partial charge is 0.389 e. The number of methoxy groups -OCH3 is 1. The normalized spacial score (nSPS) is 11.7. The van der Waals surface area contributed by atoms with Gasteiger partial charge in [0.05, 0.1) is 24.3 Å². The molecular formula is C15H20N2O2. The van der Waals surface area contributed by atoms with Crippen LogP contribution in [-0.4, -0.2) is 31.9 Å². The number of aliphatic hydroxyl groups is 1. The molecule has 0 spiro atoms. The van der Waals surface area contributed by atoms with Crippen molar-refractivity contribution in [1.82, 2.24) is 0 Å². The first-order chi connectivity index (χ1) is 9.13. The summed E-state index contributed by atoms with van der Waals surface area (Å²) in [5.74, 6) is 0. The Labute approximate surface area is 114 Å². The van der Waals surface area contributed by atoms with Gasteiger partial charge < -0.3 is 14.7 Å². The Morgan fingerprint density at radius 2 is 2.32 bits per heavy atom. The lowest BCUT2D eigenvalue weighted by Gasteiger charge is -2.26. The summed E-state index contributed by atoms with van der Waals surface area (Å²) in [4.78, 5) is 2.04. The van der Waals surface area contributed by atoms with Crippen LogP contribution in [-0.2, 0) is 4.74 Å². The minimum absolute atomic E-state index is 0.573. The highest BCUT2D eigenvalue weighted by Crippen LogP contribution is 2.27. The lowest BCUT2D eigenvalue weighted by atomic mass is 10.0. The summed E-state index contributed by atoms with van der Waals surface area (Å²) in [6.07, 6.45) is 1.21. The van der Waals surface area contributed by atoms with Crippen molar-refractivity contribution in [3.63, 3.8) is 0 Å². The molecule has 0 heterocycles. The Balaban J connectivity index is 3.17. The van der Waals surface area contributed by atoms with Crippen molar-refractivity contribution in [3.8, 4) is 6.07 Å². The zero-order valence-electron chi connectivity index (χ0n) is 11.5.